The van der Waals surface area contributed by atoms with Gasteiger partial charge in [0, 0.05) is 18.7 Å². The molecule has 4 nitrogen and oxygen atoms in total. The third kappa shape index (κ3) is 2.96. The van der Waals surface area contributed by atoms with Gasteiger partial charge in [0.25, 0.3) is 0 Å². The van der Waals surface area contributed by atoms with E-state index in [0.717, 1.165) is 29.3 Å². The molecule has 1 unspecified atom stereocenters. The Hall–Kier alpha value is -1.39. The monoisotopic (exact) mass is 278 g/mol. The highest BCUT2D eigenvalue weighted by Crippen LogP contribution is 2.24. The maximum absolute atomic E-state index is 6.30. The zero-order valence-electron chi connectivity index (χ0n) is 11.5. The van der Waals surface area contributed by atoms with Crippen LogP contribution in [0.15, 0.2) is 18.2 Å². The standard InChI is InChI=1S/C14H19ClN4/c1-4-19-13(14(15)10(3)18-19)8-11(16)12-7-5-6-9(2)17-12/h5-7,11H,4,8,16H2,1-3H3. The first-order chi connectivity index (χ1) is 9.02. The van der Waals surface area contributed by atoms with Crippen LogP contribution in [0.1, 0.15) is 35.7 Å². The molecule has 2 N–H and O–H groups in total. The van der Waals surface area contributed by atoms with Crippen LogP contribution in [0, 0.1) is 13.8 Å². The summed E-state index contributed by atoms with van der Waals surface area (Å²) in [6.07, 6.45) is 0.643. The third-order valence-corrected chi connectivity index (χ3v) is 3.65. The molecule has 0 saturated carbocycles. The molecule has 0 amide bonds. The second-order valence-corrected chi connectivity index (χ2v) is 5.05. The van der Waals surface area contributed by atoms with Crippen molar-refractivity contribution in [3.05, 3.63) is 46.0 Å². The molecule has 0 aliphatic rings. The molecule has 0 aromatic carbocycles. The van der Waals surface area contributed by atoms with E-state index >= 15 is 0 Å². The first-order valence-corrected chi connectivity index (χ1v) is 6.81. The Morgan fingerprint density at radius 1 is 1.37 bits per heavy atom. The minimum absolute atomic E-state index is 0.168. The van der Waals surface area contributed by atoms with Gasteiger partial charge in [0.05, 0.1) is 28.1 Å². The Morgan fingerprint density at radius 2 is 2.11 bits per heavy atom. The molecule has 0 spiro atoms. The molecule has 19 heavy (non-hydrogen) atoms. The smallest absolute Gasteiger partial charge is 0.0847 e. The van der Waals surface area contributed by atoms with Gasteiger partial charge in [-0.15, -0.1) is 0 Å². The summed E-state index contributed by atoms with van der Waals surface area (Å²) in [6, 6.07) is 5.72. The van der Waals surface area contributed by atoms with Crippen molar-refractivity contribution in [2.24, 2.45) is 5.73 Å². The number of hydrogen-bond acceptors (Lipinski definition) is 3. The molecule has 0 saturated heterocycles. The van der Waals surface area contributed by atoms with E-state index in [0.29, 0.717) is 11.4 Å². The fourth-order valence-electron chi connectivity index (χ4n) is 2.15. The lowest BCUT2D eigenvalue weighted by Gasteiger charge is -2.13. The summed E-state index contributed by atoms with van der Waals surface area (Å²) in [4.78, 5) is 4.46. The van der Waals surface area contributed by atoms with Crippen LogP contribution >= 0.6 is 11.6 Å². The molecule has 0 bridgehead atoms. The van der Waals surface area contributed by atoms with E-state index in [9.17, 15) is 0 Å². The molecule has 2 rings (SSSR count). The van der Waals surface area contributed by atoms with Gasteiger partial charge in [-0.25, -0.2) is 0 Å². The van der Waals surface area contributed by atoms with Gasteiger partial charge in [-0.1, -0.05) is 17.7 Å². The fourth-order valence-corrected chi connectivity index (χ4v) is 2.36. The normalized spacial score (nSPS) is 12.7. The Kier molecular flexibility index (Phi) is 4.22. The summed E-state index contributed by atoms with van der Waals surface area (Å²) in [7, 11) is 0. The summed E-state index contributed by atoms with van der Waals surface area (Å²) >= 11 is 6.30. The molecule has 2 aromatic heterocycles. The summed E-state index contributed by atoms with van der Waals surface area (Å²) < 4.78 is 1.91. The molecule has 2 heterocycles. The van der Waals surface area contributed by atoms with Crippen LogP contribution in [0.5, 0.6) is 0 Å². The van der Waals surface area contributed by atoms with Crippen molar-refractivity contribution in [1.82, 2.24) is 14.8 Å². The number of aromatic nitrogens is 3. The lowest BCUT2D eigenvalue weighted by Crippen LogP contribution is -2.17. The number of halogens is 1. The van der Waals surface area contributed by atoms with Crippen LogP contribution in [-0.4, -0.2) is 14.8 Å². The van der Waals surface area contributed by atoms with Crippen LogP contribution in [0.25, 0.3) is 0 Å². The van der Waals surface area contributed by atoms with Gasteiger partial charge in [-0.05, 0) is 32.9 Å². The average Bonchev–Trinajstić information content (AvgIpc) is 2.66. The second kappa shape index (κ2) is 5.72. The van der Waals surface area contributed by atoms with E-state index in [-0.39, 0.29) is 6.04 Å². The first-order valence-electron chi connectivity index (χ1n) is 6.43. The number of aryl methyl sites for hydroxylation is 3. The Balaban J connectivity index is 2.26. The fraction of sp³-hybridized carbons (Fsp3) is 0.429. The molecule has 0 aliphatic carbocycles. The van der Waals surface area contributed by atoms with Crippen molar-refractivity contribution >= 4 is 11.6 Å². The number of hydrogen-bond donors (Lipinski definition) is 1. The minimum Gasteiger partial charge on any atom is -0.322 e. The quantitative estimate of drug-likeness (QED) is 0.936. The predicted octanol–water partition coefficient (Wildman–Crippen LogP) is 2.81. The number of nitrogens with two attached hydrogens (primary N) is 1. The van der Waals surface area contributed by atoms with Crippen molar-refractivity contribution in [1.29, 1.82) is 0 Å². The summed E-state index contributed by atoms with van der Waals surface area (Å²) in [6.45, 7) is 6.71. The van der Waals surface area contributed by atoms with Crippen LogP contribution in [0.3, 0.4) is 0 Å². The van der Waals surface area contributed by atoms with Gasteiger partial charge in [-0.3, -0.25) is 9.67 Å². The summed E-state index contributed by atoms with van der Waals surface area (Å²) in [5.74, 6) is 0. The van der Waals surface area contributed by atoms with E-state index in [1.54, 1.807) is 0 Å². The number of rotatable bonds is 4. The Morgan fingerprint density at radius 3 is 2.74 bits per heavy atom. The second-order valence-electron chi connectivity index (χ2n) is 4.68. The van der Waals surface area contributed by atoms with Gasteiger partial charge in [0.2, 0.25) is 0 Å². The molecule has 2 aromatic rings. The zero-order valence-corrected chi connectivity index (χ0v) is 12.3. The molecule has 0 fully saturated rings. The van der Waals surface area contributed by atoms with E-state index < -0.39 is 0 Å². The van der Waals surface area contributed by atoms with E-state index in [2.05, 4.69) is 10.1 Å². The number of nitrogens with zero attached hydrogens (tertiary/aromatic N) is 3. The number of pyridine rings is 1. The minimum atomic E-state index is -0.168. The van der Waals surface area contributed by atoms with Crippen LogP contribution in [0.4, 0.5) is 0 Å². The van der Waals surface area contributed by atoms with Crippen molar-refractivity contribution in [3.63, 3.8) is 0 Å². The van der Waals surface area contributed by atoms with E-state index in [4.69, 9.17) is 17.3 Å². The topological polar surface area (TPSA) is 56.7 Å². The molecule has 5 heteroatoms. The first kappa shape index (κ1) is 14.0. The highest BCUT2D eigenvalue weighted by atomic mass is 35.5. The van der Waals surface area contributed by atoms with E-state index in [1.165, 1.54) is 0 Å². The molecule has 0 radical (unpaired) electrons. The van der Waals surface area contributed by atoms with Crippen molar-refractivity contribution in [3.8, 4) is 0 Å². The lowest BCUT2D eigenvalue weighted by atomic mass is 10.1. The maximum Gasteiger partial charge on any atom is 0.0847 e. The molecular formula is C14H19ClN4. The molecule has 0 aliphatic heterocycles. The molecule has 102 valence electrons. The zero-order chi connectivity index (χ0) is 14.0. The highest BCUT2D eigenvalue weighted by molar-refractivity contribution is 6.31. The van der Waals surface area contributed by atoms with Gasteiger partial charge in [-0.2, -0.15) is 5.10 Å². The van der Waals surface area contributed by atoms with Crippen LogP contribution < -0.4 is 5.73 Å². The van der Waals surface area contributed by atoms with Gasteiger partial charge < -0.3 is 5.73 Å². The molecular weight excluding hydrogens is 260 g/mol. The lowest BCUT2D eigenvalue weighted by molar-refractivity contribution is 0.582. The van der Waals surface area contributed by atoms with Crippen molar-refractivity contribution in [2.45, 2.75) is 39.8 Å². The van der Waals surface area contributed by atoms with Gasteiger partial charge in [0.15, 0.2) is 0 Å². The van der Waals surface area contributed by atoms with Gasteiger partial charge >= 0.3 is 0 Å². The third-order valence-electron chi connectivity index (χ3n) is 3.16. The predicted molar refractivity (Wildman–Crippen MR) is 77.3 cm³/mol. The van der Waals surface area contributed by atoms with E-state index in [1.807, 2.05) is 43.7 Å². The average molecular weight is 279 g/mol. The Labute approximate surface area is 118 Å². The van der Waals surface area contributed by atoms with Gasteiger partial charge in [0.1, 0.15) is 0 Å². The van der Waals surface area contributed by atoms with Crippen molar-refractivity contribution in [2.75, 3.05) is 0 Å². The highest BCUT2D eigenvalue weighted by Gasteiger charge is 2.17. The Bertz CT molecular complexity index is 577. The van der Waals surface area contributed by atoms with Crippen LogP contribution in [-0.2, 0) is 13.0 Å². The van der Waals surface area contributed by atoms with Crippen molar-refractivity contribution < 1.29 is 0 Å². The largest absolute Gasteiger partial charge is 0.322 e. The SMILES string of the molecule is CCn1nc(C)c(Cl)c1CC(N)c1cccc(C)n1. The van der Waals surface area contributed by atoms with Crippen LogP contribution in [0.2, 0.25) is 5.02 Å². The summed E-state index contributed by atoms with van der Waals surface area (Å²) in [5.41, 5.74) is 9.93. The maximum atomic E-state index is 6.30. The molecule has 1 atom stereocenters. The summed E-state index contributed by atoms with van der Waals surface area (Å²) in [5, 5.41) is 5.11.